The Morgan fingerprint density at radius 2 is 2.09 bits per heavy atom. The van der Waals surface area contributed by atoms with Gasteiger partial charge in [0, 0.05) is 31.8 Å². The lowest BCUT2D eigenvalue weighted by molar-refractivity contribution is -0.142. The molecule has 1 saturated carbocycles. The maximum atomic E-state index is 14.4. The molecule has 33 heavy (non-hydrogen) atoms. The number of aromatic nitrogens is 2. The molecule has 3 atom stereocenters. The van der Waals surface area contributed by atoms with Gasteiger partial charge >= 0.3 is 12.0 Å². The molecule has 1 aromatic carbocycles. The number of halogens is 1. The van der Waals surface area contributed by atoms with Crippen molar-refractivity contribution in [3.8, 4) is 5.75 Å². The van der Waals surface area contributed by atoms with Gasteiger partial charge < -0.3 is 23.6 Å². The number of ether oxygens (including phenoxy) is 3. The number of anilines is 1. The van der Waals surface area contributed by atoms with E-state index >= 15 is 0 Å². The van der Waals surface area contributed by atoms with E-state index in [1.807, 2.05) is 0 Å². The van der Waals surface area contributed by atoms with E-state index in [9.17, 15) is 9.18 Å². The van der Waals surface area contributed by atoms with Crippen LogP contribution in [0.25, 0.3) is 0 Å². The van der Waals surface area contributed by atoms with E-state index in [0.29, 0.717) is 48.2 Å². The smallest absolute Gasteiger partial charge is 0.324 e. The molecule has 1 saturated heterocycles. The highest BCUT2D eigenvalue weighted by atomic mass is 19.1. The number of nitrogens with zero attached hydrogens (tertiary/aromatic N) is 3. The number of carbonyl (C=O) groups is 1. The molecule has 0 spiro atoms. The van der Waals surface area contributed by atoms with Gasteiger partial charge in [0.25, 0.3) is 0 Å². The third-order valence-electron chi connectivity index (χ3n) is 6.87. The van der Waals surface area contributed by atoms with Gasteiger partial charge in [0.2, 0.25) is 0 Å². The molecular weight excluding hydrogens is 429 g/mol. The molecule has 8 nitrogen and oxygen atoms in total. The largest absolute Gasteiger partial charge is 0.493 e. The van der Waals surface area contributed by atoms with Crippen LogP contribution in [0.5, 0.6) is 5.75 Å². The number of methoxy groups -OCH3 is 2. The standard InChI is InChI=1S/C24H32FN3O5/c1-15(23(29)31-3)19-5-4-18(13-21(19)25)32-11-8-17-12-20(17)16-6-9-28(10-7-16)24-26-22(14-30-2)27-33-24/h4-5,13,15-17,20H,6-12,14H2,1-3H3/t15?,17-,20-/m1/s1. The van der Waals surface area contributed by atoms with Crippen molar-refractivity contribution in [3.63, 3.8) is 0 Å². The zero-order valence-corrected chi connectivity index (χ0v) is 19.5. The molecule has 1 aromatic heterocycles. The van der Waals surface area contributed by atoms with Crippen molar-refractivity contribution in [1.82, 2.24) is 10.1 Å². The first-order valence-corrected chi connectivity index (χ1v) is 11.6. The Balaban J connectivity index is 1.18. The Bertz CT molecular complexity index is 944. The number of piperidine rings is 1. The molecule has 2 aromatic rings. The van der Waals surface area contributed by atoms with Crippen molar-refractivity contribution in [2.24, 2.45) is 17.8 Å². The van der Waals surface area contributed by atoms with E-state index in [4.69, 9.17) is 18.7 Å². The number of esters is 1. The molecule has 9 heteroatoms. The predicted molar refractivity (Wildman–Crippen MR) is 118 cm³/mol. The average Bonchev–Trinajstić information content (AvgIpc) is 3.45. The first-order chi connectivity index (χ1) is 16.0. The van der Waals surface area contributed by atoms with Crippen LogP contribution in [0.1, 0.15) is 49.9 Å². The van der Waals surface area contributed by atoms with Crippen LogP contribution in [-0.2, 0) is 20.9 Å². The van der Waals surface area contributed by atoms with Crippen LogP contribution < -0.4 is 9.64 Å². The quantitative estimate of drug-likeness (QED) is 0.492. The predicted octanol–water partition coefficient (Wildman–Crippen LogP) is 3.95. The van der Waals surface area contributed by atoms with Crippen molar-refractivity contribution < 1.29 is 27.9 Å². The monoisotopic (exact) mass is 461 g/mol. The summed E-state index contributed by atoms with van der Waals surface area (Å²) in [5.41, 5.74) is 0.318. The van der Waals surface area contributed by atoms with Crippen LogP contribution >= 0.6 is 0 Å². The third-order valence-corrected chi connectivity index (χ3v) is 6.87. The van der Waals surface area contributed by atoms with E-state index in [0.717, 1.165) is 38.3 Å². The Hall–Kier alpha value is -2.68. The summed E-state index contributed by atoms with van der Waals surface area (Å²) < 4.78 is 35.3. The topological polar surface area (TPSA) is 86.9 Å². The fraction of sp³-hybridized carbons (Fsp3) is 0.625. The Labute approximate surface area is 193 Å². The van der Waals surface area contributed by atoms with E-state index < -0.39 is 17.7 Å². The fourth-order valence-electron chi connectivity index (χ4n) is 4.84. The normalized spacial score (nSPS) is 21.6. The van der Waals surface area contributed by atoms with Gasteiger partial charge in [-0.25, -0.2) is 4.39 Å². The second kappa shape index (κ2) is 10.5. The molecule has 0 N–H and O–H groups in total. The molecule has 0 amide bonds. The molecular formula is C24H32FN3O5. The molecule has 1 aliphatic heterocycles. The number of hydrogen-bond acceptors (Lipinski definition) is 8. The van der Waals surface area contributed by atoms with E-state index in [-0.39, 0.29) is 0 Å². The molecule has 2 fully saturated rings. The van der Waals surface area contributed by atoms with E-state index in [2.05, 4.69) is 15.0 Å². The van der Waals surface area contributed by atoms with E-state index in [1.165, 1.54) is 19.6 Å². The molecule has 1 unspecified atom stereocenters. The summed E-state index contributed by atoms with van der Waals surface area (Å²) in [4.78, 5) is 18.2. The molecule has 2 aliphatic rings. The minimum absolute atomic E-state index is 0.318. The summed E-state index contributed by atoms with van der Waals surface area (Å²) in [5, 5.41) is 3.94. The number of hydrogen-bond donors (Lipinski definition) is 0. The van der Waals surface area contributed by atoms with Crippen LogP contribution in [0.3, 0.4) is 0 Å². The average molecular weight is 462 g/mol. The molecule has 4 rings (SSSR count). The first-order valence-electron chi connectivity index (χ1n) is 11.6. The van der Waals surface area contributed by atoms with Gasteiger partial charge in [-0.1, -0.05) is 11.2 Å². The molecule has 180 valence electrons. The number of carbonyl (C=O) groups excluding carboxylic acids is 1. The summed E-state index contributed by atoms with van der Waals surface area (Å²) in [6.07, 6.45) is 4.44. The second-order valence-corrected chi connectivity index (χ2v) is 8.98. The van der Waals surface area contributed by atoms with Gasteiger partial charge in [-0.3, -0.25) is 4.79 Å². The van der Waals surface area contributed by atoms with Gasteiger partial charge in [-0.2, -0.15) is 4.98 Å². The highest BCUT2D eigenvalue weighted by Gasteiger charge is 2.43. The van der Waals surface area contributed by atoms with Crippen LogP contribution in [0, 0.1) is 23.6 Å². The maximum Gasteiger partial charge on any atom is 0.324 e. The molecule has 1 aliphatic carbocycles. The minimum atomic E-state index is -0.644. The summed E-state index contributed by atoms with van der Waals surface area (Å²) >= 11 is 0. The van der Waals surface area contributed by atoms with Crippen LogP contribution in [-0.4, -0.2) is 50.0 Å². The van der Waals surface area contributed by atoms with Crippen molar-refractivity contribution in [1.29, 1.82) is 0 Å². The lowest BCUT2D eigenvalue weighted by atomic mass is 9.90. The van der Waals surface area contributed by atoms with Crippen LogP contribution in [0.4, 0.5) is 10.4 Å². The summed E-state index contributed by atoms with van der Waals surface area (Å²) in [5.74, 6) is 1.64. The summed E-state index contributed by atoms with van der Waals surface area (Å²) in [6.45, 7) is 4.40. The zero-order valence-electron chi connectivity index (χ0n) is 19.5. The molecule has 0 radical (unpaired) electrons. The Morgan fingerprint density at radius 1 is 1.30 bits per heavy atom. The second-order valence-electron chi connectivity index (χ2n) is 8.98. The minimum Gasteiger partial charge on any atom is -0.493 e. The van der Waals surface area contributed by atoms with Gasteiger partial charge in [0.1, 0.15) is 18.2 Å². The lowest BCUT2D eigenvalue weighted by Crippen LogP contribution is -2.34. The van der Waals surface area contributed by atoms with Gasteiger partial charge in [-0.15, -0.1) is 0 Å². The van der Waals surface area contributed by atoms with Crippen molar-refractivity contribution >= 4 is 12.0 Å². The Kier molecular flexibility index (Phi) is 7.47. The highest BCUT2D eigenvalue weighted by Crippen LogP contribution is 2.50. The SMILES string of the molecule is COCc1noc(N2CCC([C@H]3C[C@H]3CCOc3ccc(C(C)C(=O)OC)c(F)c3)CC2)n1. The summed E-state index contributed by atoms with van der Waals surface area (Å²) in [7, 11) is 2.91. The number of rotatable bonds is 10. The van der Waals surface area contributed by atoms with Crippen LogP contribution in [0.15, 0.2) is 22.7 Å². The van der Waals surface area contributed by atoms with Gasteiger partial charge in [0.05, 0.1) is 19.6 Å². The van der Waals surface area contributed by atoms with E-state index in [1.54, 1.807) is 26.2 Å². The van der Waals surface area contributed by atoms with Crippen molar-refractivity contribution in [2.75, 3.05) is 38.8 Å². The highest BCUT2D eigenvalue weighted by molar-refractivity contribution is 5.77. The molecule has 0 bridgehead atoms. The molecule has 2 heterocycles. The van der Waals surface area contributed by atoms with Crippen molar-refractivity contribution in [2.45, 2.75) is 45.1 Å². The van der Waals surface area contributed by atoms with Crippen molar-refractivity contribution in [3.05, 3.63) is 35.4 Å². The van der Waals surface area contributed by atoms with Gasteiger partial charge in [0.15, 0.2) is 5.82 Å². The van der Waals surface area contributed by atoms with Crippen LogP contribution in [0.2, 0.25) is 0 Å². The third kappa shape index (κ3) is 5.63. The summed E-state index contributed by atoms with van der Waals surface area (Å²) in [6, 6.07) is 5.25. The lowest BCUT2D eigenvalue weighted by Gasteiger charge is -2.30. The first kappa shape index (κ1) is 23.5. The van der Waals surface area contributed by atoms with Gasteiger partial charge in [-0.05, 0) is 56.4 Å². The number of benzene rings is 1. The fourth-order valence-corrected chi connectivity index (χ4v) is 4.84. The Morgan fingerprint density at radius 3 is 2.79 bits per heavy atom. The maximum absolute atomic E-state index is 14.4. The zero-order chi connectivity index (χ0) is 23.4.